The fraction of sp³-hybridized carbons (Fsp3) is 0.533. The molecule has 1 saturated heterocycles. The third kappa shape index (κ3) is 5.49. The zero-order valence-corrected chi connectivity index (χ0v) is 14.6. The molecule has 21 heavy (non-hydrogen) atoms. The predicted octanol–water partition coefficient (Wildman–Crippen LogP) is 2.90. The Morgan fingerprint density at radius 3 is 2.95 bits per heavy atom. The van der Waals surface area contributed by atoms with Gasteiger partial charge >= 0.3 is 0 Å². The minimum atomic E-state index is 0. The molecule has 2 rings (SSSR count). The summed E-state index contributed by atoms with van der Waals surface area (Å²) in [4.78, 5) is 13.9. The molecule has 1 aromatic rings. The number of nitrogens with two attached hydrogens (primary N) is 1. The van der Waals surface area contributed by atoms with Crippen LogP contribution in [0.25, 0.3) is 0 Å². The van der Waals surface area contributed by atoms with E-state index >= 15 is 0 Å². The number of rotatable bonds is 4. The number of nitrogens with zero attached hydrogens (tertiary/aromatic N) is 1. The van der Waals surface area contributed by atoms with Crippen molar-refractivity contribution >= 4 is 34.2 Å². The Hall–Kier alpha value is -0.780. The Kier molecular flexibility index (Phi) is 7.49. The van der Waals surface area contributed by atoms with E-state index in [-0.39, 0.29) is 24.4 Å². The van der Waals surface area contributed by atoms with Gasteiger partial charge < -0.3 is 15.4 Å². The third-order valence-corrected chi connectivity index (χ3v) is 4.09. The normalized spacial score (nSPS) is 18.0. The van der Waals surface area contributed by atoms with E-state index in [9.17, 15) is 4.79 Å². The van der Waals surface area contributed by atoms with Crippen molar-refractivity contribution in [1.29, 1.82) is 0 Å². The zero-order valence-electron chi connectivity index (χ0n) is 12.2. The number of hydrogen-bond acceptors (Lipinski definition) is 3. The van der Waals surface area contributed by atoms with Gasteiger partial charge in [-0.2, -0.15) is 0 Å². The van der Waals surface area contributed by atoms with Gasteiger partial charge in [0, 0.05) is 19.1 Å². The monoisotopic (exact) mass is 376 g/mol. The van der Waals surface area contributed by atoms with Gasteiger partial charge in [-0.1, -0.05) is 6.07 Å². The van der Waals surface area contributed by atoms with Crippen LogP contribution in [0.5, 0.6) is 5.75 Å². The minimum Gasteiger partial charge on any atom is -0.492 e. The van der Waals surface area contributed by atoms with E-state index in [1.165, 1.54) is 5.56 Å². The van der Waals surface area contributed by atoms with Crippen molar-refractivity contribution in [3.05, 3.63) is 28.2 Å². The number of amides is 1. The number of benzene rings is 1. The summed E-state index contributed by atoms with van der Waals surface area (Å²) in [5.41, 5.74) is 7.05. The molecule has 0 bridgehead atoms. The van der Waals surface area contributed by atoms with E-state index in [4.69, 9.17) is 10.5 Å². The second-order valence-corrected chi connectivity index (χ2v) is 6.13. The van der Waals surface area contributed by atoms with Gasteiger partial charge in [-0.05, 0) is 53.4 Å². The lowest BCUT2D eigenvalue weighted by atomic mass is 10.1. The van der Waals surface area contributed by atoms with E-state index in [0.717, 1.165) is 29.6 Å². The second kappa shape index (κ2) is 8.61. The van der Waals surface area contributed by atoms with Crippen LogP contribution in [0.1, 0.15) is 24.8 Å². The molecule has 118 valence electrons. The first-order valence-corrected chi connectivity index (χ1v) is 7.78. The number of hydrogen-bond donors (Lipinski definition) is 1. The molecule has 1 aliphatic heterocycles. The summed E-state index contributed by atoms with van der Waals surface area (Å²) in [5, 5.41) is 0. The molecule has 0 aliphatic carbocycles. The van der Waals surface area contributed by atoms with Gasteiger partial charge in [0.15, 0.2) is 0 Å². The van der Waals surface area contributed by atoms with Crippen LogP contribution in [0.3, 0.4) is 0 Å². The molecule has 1 amide bonds. The summed E-state index contributed by atoms with van der Waals surface area (Å²) in [7, 11) is 0. The lowest BCUT2D eigenvalue weighted by Gasteiger charge is -2.30. The smallest absolute Gasteiger partial charge is 0.226 e. The average Bonchev–Trinajstić information content (AvgIpc) is 2.41. The molecule has 1 aromatic carbocycles. The predicted molar refractivity (Wildman–Crippen MR) is 90.0 cm³/mol. The molecule has 6 heteroatoms. The van der Waals surface area contributed by atoms with E-state index in [2.05, 4.69) is 15.9 Å². The topological polar surface area (TPSA) is 55.6 Å². The molecule has 1 aliphatic rings. The van der Waals surface area contributed by atoms with Gasteiger partial charge in [-0.3, -0.25) is 4.79 Å². The summed E-state index contributed by atoms with van der Waals surface area (Å²) >= 11 is 3.46. The van der Waals surface area contributed by atoms with Crippen LogP contribution < -0.4 is 10.5 Å². The maximum Gasteiger partial charge on any atom is 0.226 e. The molecule has 0 saturated carbocycles. The molecular formula is C15H22BrClN2O2. The fourth-order valence-electron chi connectivity index (χ4n) is 2.37. The van der Waals surface area contributed by atoms with Crippen molar-refractivity contribution in [2.24, 2.45) is 5.73 Å². The van der Waals surface area contributed by atoms with Crippen molar-refractivity contribution in [2.75, 3.05) is 19.7 Å². The molecule has 1 heterocycles. The highest BCUT2D eigenvalue weighted by molar-refractivity contribution is 9.10. The van der Waals surface area contributed by atoms with Gasteiger partial charge in [-0.25, -0.2) is 0 Å². The first kappa shape index (κ1) is 18.3. The van der Waals surface area contributed by atoms with Crippen LogP contribution in [-0.2, 0) is 4.79 Å². The maximum atomic E-state index is 12.1. The van der Waals surface area contributed by atoms with Crippen LogP contribution in [0.2, 0.25) is 0 Å². The van der Waals surface area contributed by atoms with E-state index in [1.807, 2.05) is 30.0 Å². The third-order valence-electron chi connectivity index (χ3n) is 3.47. The lowest BCUT2D eigenvalue weighted by Crippen LogP contribution is -2.46. The van der Waals surface area contributed by atoms with Gasteiger partial charge in [0.05, 0.1) is 17.5 Å². The Bertz CT molecular complexity index is 485. The highest BCUT2D eigenvalue weighted by Crippen LogP contribution is 2.25. The summed E-state index contributed by atoms with van der Waals surface area (Å²) in [6, 6.07) is 6.03. The number of halogens is 2. The second-order valence-electron chi connectivity index (χ2n) is 5.27. The van der Waals surface area contributed by atoms with E-state index in [1.54, 1.807) is 0 Å². The largest absolute Gasteiger partial charge is 0.492 e. The molecule has 0 aromatic heterocycles. The Labute approximate surface area is 140 Å². The number of likely N-dealkylation sites (tertiary alicyclic amines) is 1. The van der Waals surface area contributed by atoms with Crippen molar-refractivity contribution < 1.29 is 9.53 Å². The van der Waals surface area contributed by atoms with Crippen LogP contribution in [-0.4, -0.2) is 36.5 Å². The van der Waals surface area contributed by atoms with Gasteiger partial charge in [0.2, 0.25) is 5.91 Å². The summed E-state index contributed by atoms with van der Waals surface area (Å²) in [5.74, 6) is 0.905. The standard InChI is InChI=1S/C15H21BrN2O2.ClH/c1-11-4-5-14(13(16)9-11)20-8-6-15(19)18-7-2-3-12(17)10-18;/h4-5,9,12H,2-3,6-8,10,17H2,1H3;1H. The Balaban J connectivity index is 0.00000220. The van der Waals surface area contributed by atoms with Crippen molar-refractivity contribution in [3.63, 3.8) is 0 Å². The molecule has 4 nitrogen and oxygen atoms in total. The average molecular weight is 378 g/mol. The fourth-order valence-corrected chi connectivity index (χ4v) is 2.97. The van der Waals surface area contributed by atoms with E-state index < -0.39 is 0 Å². The Morgan fingerprint density at radius 2 is 2.29 bits per heavy atom. The summed E-state index contributed by atoms with van der Waals surface area (Å²) < 4.78 is 6.58. The SMILES string of the molecule is Cc1ccc(OCCC(=O)N2CCCC(N)C2)c(Br)c1.Cl. The minimum absolute atomic E-state index is 0. The van der Waals surface area contributed by atoms with Crippen LogP contribution in [0, 0.1) is 6.92 Å². The lowest BCUT2D eigenvalue weighted by molar-refractivity contribution is -0.132. The molecule has 1 unspecified atom stereocenters. The van der Waals surface area contributed by atoms with Crippen LogP contribution in [0.15, 0.2) is 22.7 Å². The summed E-state index contributed by atoms with van der Waals surface area (Å²) in [6.45, 7) is 3.91. The Morgan fingerprint density at radius 1 is 1.52 bits per heavy atom. The van der Waals surface area contributed by atoms with Crippen molar-refractivity contribution in [1.82, 2.24) is 4.90 Å². The van der Waals surface area contributed by atoms with Gasteiger partial charge in [0.1, 0.15) is 5.75 Å². The summed E-state index contributed by atoms with van der Waals surface area (Å²) in [6.07, 6.45) is 2.40. The zero-order chi connectivity index (χ0) is 14.5. The molecule has 1 atom stereocenters. The molecule has 1 fully saturated rings. The van der Waals surface area contributed by atoms with E-state index in [0.29, 0.717) is 19.6 Å². The molecular weight excluding hydrogens is 356 g/mol. The van der Waals surface area contributed by atoms with Crippen molar-refractivity contribution in [3.8, 4) is 5.75 Å². The van der Waals surface area contributed by atoms with Gasteiger partial charge in [0.25, 0.3) is 0 Å². The van der Waals surface area contributed by atoms with Gasteiger partial charge in [-0.15, -0.1) is 12.4 Å². The maximum absolute atomic E-state index is 12.1. The number of aryl methyl sites for hydroxylation is 1. The molecule has 0 radical (unpaired) electrons. The molecule has 2 N–H and O–H groups in total. The van der Waals surface area contributed by atoms with Crippen LogP contribution >= 0.6 is 28.3 Å². The van der Waals surface area contributed by atoms with Crippen molar-refractivity contribution in [2.45, 2.75) is 32.2 Å². The first-order valence-electron chi connectivity index (χ1n) is 6.98. The first-order chi connectivity index (χ1) is 9.56. The highest BCUT2D eigenvalue weighted by Gasteiger charge is 2.20. The highest BCUT2D eigenvalue weighted by atomic mass is 79.9. The number of carbonyl (C=O) groups is 1. The number of ether oxygens (including phenoxy) is 1. The molecule has 0 spiro atoms. The number of piperidine rings is 1. The number of carbonyl (C=O) groups excluding carboxylic acids is 1. The quantitative estimate of drug-likeness (QED) is 0.878. The van der Waals surface area contributed by atoms with Crippen LogP contribution in [0.4, 0.5) is 0 Å².